The molecule has 0 N–H and O–H groups in total. The van der Waals surface area contributed by atoms with Gasteiger partial charge >= 0.3 is 0 Å². The summed E-state index contributed by atoms with van der Waals surface area (Å²) in [5, 5.41) is 2.16. The number of nitrogens with zero attached hydrogens (tertiary/aromatic N) is 2. The van der Waals surface area contributed by atoms with Gasteiger partial charge in [-0.3, -0.25) is 0 Å². The fraction of sp³-hybridized carbons (Fsp3) is 0.222. The van der Waals surface area contributed by atoms with E-state index >= 15 is 0 Å². The van der Waals surface area contributed by atoms with Crippen LogP contribution in [0.25, 0.3) is 44.5 Å². The summed E-state index contributed by atoms with van der Waals surface area (Å²) in [6.45, 7) is 6.93. The first-order valence-corrected chi connectivity index (χ1v) is 13.9. The van der Waals surface area contributed by atoms with Gasteiger partial charge in [-0.2, -0.15) is 0 Å². The van der Waals surface area contributed by atoms with Gasteiger partial charge in [0.25, 0.3) is 0 Å². The monoisotopic (exact) mass is 507 g/mol. The fourth-order valence-electron chi connectivity index (χ4n) is 7.15. The quantitative estimate of drug-likeness (QED) is 0.221. The van der Waals surface area contributed by atoms with Gasteiger partial charge in [-0.15, -0.1) is 0 Å². The Morgan fingerprint density at radius 2 is 1.54 bits per heavy atom. The van der Waals surface area contributed by atoms with Crippen LogP contribution in [0.2, 0.25) is 0 Å². The molecule has 0 aliphatic heterocycles. The van der Waals surface area contributed by atoms with Gasteiger partial charge in [0.15, 0.2) is 11.8 Å². The Bertz CT molecular complexity index is 1970. The molecule has 2 aliphatic carbocycles. The normalized spacial score (nSPS) is 16.4. The lowest BCUT2D eigenvalue weighted by Gasteiger charge is -2.40. The molecule has 0 unspecified atom stereocenters. The third-order valence-corrected chi connectivity index (χ3v) is 9.44. The zero-order valence-electron chi connectivity index (χ0n) is 22.9. The van der Waals surface area contributed by atoms with Crippen molar-refractivity contribution < 1.29 is 8.98 Å². The van der Waals surface area contributed by atoms with Crippen LogP contribution in [-0.4, -0.2) is 4.98 Å². The Labute approximate surface area is 228 Å². The summed E-state index contributed by atoms with van der Waals surface area (Å²) in [4.78, 5) is 4.49. The van der Waals surface area contributed by atoms with Gasteiger partial charge in [0, 0.05) is 39.9 Å². The summed E-state index contributed by atoms with van der Waals surface area (Å²) in [6.07, 6.45) is 6.43. The first-order chi connectivity index (χ1) is 18.9. The van der Waals surface area contributed by atoms with Crippen LogP contribution >= 0.6 is 0 Å². The fourth-order valence-corrected chi connectivity index (χ4v) is 7.15. The van der Waals surface area contributed by atoms with Crippen molar-refractivity contribution in [1.82, 2.24) is 4.98 Å². The summed E-state index contributed by atoms with van der Waals surface area (Å²) in [7, 11) is 2.11. The maximum Gasteiger partial charge on any atom is 0.227 e. The standard InChI is InChI=1S/C36H31N2O/c1-22-11-13-25-26-8-7-18-37-34(26)39-33(25)32(22)31-21-24(15-19-38(31)4)23-12-14-28-30(20-23)36(16-17-36)29-10-6-5-9-27(29)35(28,2)3/h5-15,18-21H,16-17H2,1-4H3/q+1. The van der Waals surface area contributed by atoms with Crippen LogP contribution in [0.5, 0.6) is 0 Å². The third kappa shape index (κ3) is 3.04. The predicted octanol–water partition coefficient (Wildman–Crippen LogP) is 8.17. The lowest BCUT2D eigenvalue weighted by molar-refractivity contribution is -0.660. The Kier molecular flexibility index (Phi) is 4.46. The van der Waals surface area contributed by atoms with Crippen molar-refractivity contribution in [3.05, 3.63) is 119 Å². The van der Waals surface area contributed by atoms with Crippen LogP contribution < -0.4 is 4.57 Å². The van der Waals surface area contributed by atoms with Gasteiger partial charge in [-0.05, 0) is 76.9 Å². The minimum Gasteiger partial charge on any atom is -0.437 e. The number of hydrogen-bond acceptors (Lipinski definition) is 2. The summed E-state index contributed by atoms with van der Waals surface area (Å²) in [5.41, 5.74) is 13.7. The Balaban J connectivity index is 1.32. The first-order valence-electron chi connectivity index (χ1n) is 13.9. The van der Waals surface area contributed by atoms with Crippen LogP contribution in [0.1, 0.15) is 54.5 Å². The molecule has 3 aromatic heterocycles. The number of aryl methyl sites for hydroxylation is 2. The van der Waals surface area contributed by atoms with Crippen molar-refractivity contribution in [1.29, 1.82) is 0 Å². The second-order valence-electron chi connectivity index (χ2n) is 12.0. The van der Waals surface area contributed by atoms with Gasteiger partial charge in [0.05, 0.1) is 5.56 Å². The van der Waals surface area contributed by atoms with Gasteiger partial charge in [0.2, 0.25) is 11.4 Å². The van der Waals surface area contributed by atoms with E-state index in [2.05, 4.69) is 116 Å². The molecule has 190 valence electrons. The lowest BCUT2D eigenvalue weighted by atomic mass is 9.63. The Hall–Kier alpha value is -4.24. The highest BCUT2D eigenvalue weighted by molar-refractivity contribution is 6.08. The average Bonchev–Trinajstić information content (AvgIpc) is 3.67. The van der Waals surface area contributed by atoms with E-state index in [1.165, 1.54) is 51.8 Å². The summed E-state index contributed by atoms with van der Waals surface area (Å²) in [5.74, 6) is 0. The molecular weight excluding hydrogens is 476 g/mol. The van der Waals surface area contributed by atoms with Gasteiger partial charge in [0.1, 0.15) is 7.05 Å². The van der Waals surface area contributed by atoms with E-state index in [1.807, 2.05) is 6.07 Å². The molecule has 1 saturated carbocycles. The SMILES string of the molecule is Cc1ccc2c(oc3ncccc32)c1-c1cc(-c2ccc3c(c2)C2(CC2)c2ccccc2C3(C)C)cc[n+]1C. The zero-order chi connectivity index (χ0) is 26.5. The number of furan rings is 1. The molecule has 6 aromatic rings. The number of pyridine rings is 2. The number of fused-ring (bicyclic) bond motifs is 7. The Morgan fingerprint density at radius 3 is 2.36 bits per heavy atom. The van der Waals surface area contributed by atoms with Crippen LogP contribution in [0.15, 0.2) is 95.7 Å². The molecule has 8 rings (SSSR count). The van der Waals surface area contributed by atoms with E-state index in [1.54, 1.807) is 6.20 Å². The van der Waals surface area contributed by atoms with Crippen LogP contribution in [-0.2, 0) is 17.9 Å². The third-order valence-electron chi connectivity index (χ3n) is 9.44. The molecule has 1 spiro atoms. The molecule has 39 heavy (non-hydrogen) atoms. The van der Waals surface area contributed by atoms with Crippen molar-refractivity contribution in [2.45, 2.75) is 44.4 Å². The number of hydrogen-bond donors (Lipinski definition) is 0. The number of benzene rings is 3. The van der Waals surface area contributed by atoms with E-state index in [0.29, 0.717) is 5.71 Å². The largest absolute Gasteiger partial charge is 0.437 e. The van der Waals surface area contributed by atoms with Gasteiger partial charge < -0.3 is 4.42 Å². The molecule has 3 aromatic carbocycles. The molecule has 1 fully saturated rings. The molecule has 0 amide bonds. The van der Waals surface area contributed by atoms with Crippen LogP contribution in [0.4, 0.5) is 0 Å². The summed E-state index contributed by atoms with van der Waals surface area (Å²) < 4.78 is 8.56. The van der Waals surface area contributed by atoms with Crippen molar-refractivity contribution >= 4 is 22.1 Å². The minimum atomic E-state index is -0.00529. The highest BCUT2D eigenvalue weighted by atomic mass is 16.3. The minimum absolute atomic E-state index is 0.00529. The van der Waals surface area contributed by atoms with E-state index < -0.39 is 0 Å². The van der Waals surface area contributed by atoms with Crippen molar-refractivity contribution in [3.63, 3.8) is 0 Å². The molecule has 0 bridgehead atoms. The summed E-state index contributed by atoms with van der Waals surface area (Å²) >= 11 is 0. The predicted molar refractivity (Wildman–Crippen MR) is 157 cm³/mol. The number of aromatic nitrogens is 2. The average molecular weight is 508 g/mol. The highest BCUT2D eigenvalue weighted by Crippen LogP contribution is 2.62. The molecule has 0 atom stereocenters. The molecule has 2 aliphatic rings. The Morgan fingerprint density at radius 1 is 0.769 bits per heavy atom. The summed E-state index contributed by atoms with van der Waals surface area (Å²) in [6, 6.07) is 29.3. The topological polar surface area (TPSA) is 29.9 Å². The van der Waals surface area contributed by atoms with Crippen molar-refractivity contribution in [2.24, 2.45) is 7.05 Å². The van der Waals surface area contributed by atoms with Crippen molar-refractivity contribution in [3.8, 4) is 22.4 Å². The van der Waals surface area contributed by atoms with Crippen LogP contribution in [0, 0.1) is 6.92 Å². The van der Waals surface area contributed by atoms with Crippen molar-refractivity contribution in [2.75, 3.05) is 0 Å². The molecule has 0 radical (unpaired) electrons. The first kappa shape index (κ1) is 22.7. The number of rotatable bonds is 2. The van der Waals surface area contributed by atoms with Crippen LogP contribution in [0.3, 0.4) is 0 Å². The lowest BCUT2D eigenvalue weighted by Crippen LogP contribution is -2.32. The molecular formula is C36H31N2O+. The smallest absolute Gasteiger partial charge is 0.227 e. The molecule has 0 saturated heterocycles. The van der Waals surface area contributed by atoms with Gasteiger partial charge in [-0.25, -0.2) is 9.55 Å². The van der Waals surface area contributed by atoms with E-state index in [0.717, 1.165) is 27.6 Å². The second kappa shape index (κ2) is 7.66. The maximum atomic E-state index is 6.36. The highest BCUT2D eigenvalue weighted by Gasteiger charge is 2.53. The van der Waals surface area contributed by atoms with E-state index in [4.69, 9.17) is 4.42 Å². The van der Waals surface area contributed by atoms with E-state index in [-0.39, 0.29) is 10.8 Å². The zero-order valence-corrected chi connectivity index (χ0v) is 22.9. The maximum absolute atomic E-state index is 6.36. The second-order valence-corrected chi connectivity index (χ2v) is 12.0. The molecule has 3 heteroatoms. The van der Waals surface area contributed by atoms with Gasteiger partial charge in [-0.1, -0.05) is 62.4 Å². The van der Waals surface area contributed by atoms with E-state index in [9.17, 15) is 0 Å². The molecule has 3 nitrogen and oxygen atoms in total. The molecule has 3 heterocycles.